The normalized spacial score (nSPS) is 10.5. The second kappa shape index (κ2) is 5.63. The predicted molar refractivity (Wildman–Crippen MR) is 76.9 cm³/mol. The van der Waals surface area contributed by atoms with Gasteiger partial charge in [0.1, 0.15) is 0 Å². The van der Waals surface area contributed by atoms with Crippen LogP contribution < -0.4 is 5.32 Å². The van der Waals surface area contributed by atoms with Gasteiger partial charge in [-0.2, -0.15) is 0 Å². The van der Waals surface area contributed by atoms with Crippen LogP contribution in [0.5, 0.6) is 0 Å². The molecule has 0 radical (unpaired) electrons. The highest BCUT2D eigenvalue weighted by Gasteiger charge is 2.10. The number of rotatable bonds is 4. The molecule has 0 aliphatic heterocycles. The number of aromatic nitrogens is 2. The van der Waals surface area contributed by atoms with Crippen molar-refractivity contribution in [1.29, 1.82) is 0 Å². The average molecular weight is 300 g/mol. The van der Waals surface area contributed by atoms with Crippen LogP contribution in [-0.2, 0) is 6.54 Å². The Hall–Kier alpha value is -1.52. The molecule has 0 atom stereocenters. The summed E-state index contributed by atoms with van der Waals surface area (Å²) in [6.07, 6.45) is 3.65. The minimum atomic E-state index is -0.625. The Labute approximate surface area is 120 Å². The van der Waals surface area contributed by atoms with Crippen molar-refractivity contribution in [1.82, 2.24) is 9.55 Å². The first-order chi connectivity index (χ1) is 9.01. The second-order valence-electron chi connectivity index (χ2n) is 4.03. The van der Waals surface area contributed by atoms with Crippen molar-refractivity contribution in [3.05, 3.63) is 52.5 Å². The van der Waals surface area contributed by atoms with Crippen LogP contribution in [0, 0.1) is 12.7 Å². The molecule has 0 aliphatic rings. The molecule has 1 aromatic heterocycles. The highest BCUT2D eigenvalue weighted by atomic mass is 35.5. The maximum atomic E-state index is 13.3. The Kier molecular flexibility index (Phi) is 4.12. The van der Waals surface area contributed by atoms with Crippen LogP contribution in [0.15, 0.2) is 31.0 Å². The number of hydrogen-bond acceptors (Lipinski definition) is 2. The van der Waals surface area contributed by atoms with Crippen molar-refractivity contribution >= 4 is 34.8 Å². The molecule has 0 amide bonds. The van der Waals surface area contributed by atoms with Crippen molar-refractivity contribution in [2.75, 3.05) is 5.32 Å². The van der Waals surface area contributed by atoms with Gasteiger partial charge in [0.2, 0.25) is 5.95 Å². The van der Waals surface area contributed by atoms with Gasteiger partial charge in [-0.25, -0.2) is 9.37 Å². The minimum Gasteiger partial charge on any atom is -0.325 e. The molecule has 0 unspecified atom stereocenters. The quantitative estimate of drug-likeness (QED) is 0.662. The van der Waals surface area contributed by atoms with Crippen molar-refractivity contribution in [2.24, 2.45) is 0 Å². The lowest BCUT2D eigenvalue weighted by molar-refractivity contribution is 0.629. The van der Waals surface area contributed by atoms with Gasteiger partial charge in [-0.15, -0.1) is 6.58 Å². The van der Waals surface area contributed by atoms with Gasteiger partial charge in [-0.3, -0.25) is 0 Å². The molecule has 0 spiro atoms. The number of nitrogens with one attached hydrogen (secondary N) is 1. The van der Waals surface area contributed by atoms with Gasteiger partial charge >= 0.3 is 0 Å². The summed E-state index contributed by atoms with van der Waals surface area (Å²) < 4.78 is 15.2. The van der Waals surface area contributed by atoms with Crippen LogP contribution in [0.2, 0.25) is 10.0 Å². The van der Waals surface area contributed by atoms with E-state index < -0.39 is 5.82 Å². The van der Waals surface area contributed by atoms with E-state index in [-0.39, 0.29) is 10.0 Å². The summed E-state index contributed by atoms with van der Waals surface area (Å²) in [5.74, 6) is -0.00404. The fourth-order valence-electron chi connectivity index (χ4n) is 1.68. The first kappa shape index (κ1) is 13.9. The Balaban J connectivity index is 2.33. The van der Waals surface area contributed by atoms with Crippen molar-refractivity contribution in [3.8, 4) is 0 Å². The molecule has 19 heavy (non-hydrogen) atoms. The predicted octanol–water partition coefficient (Wildman–Crippen LogP) is 4.57. The lowest BCUT2D eigenvalue weighted by Crippen LogP contribution is -2.02. The Morgan fingerprint density at radius 1 is 1.42 bits per heavy atom. The zero-order valence-electron chi connectivity index (χ0n) is 10.3. The van der Waals surface area contributed by atoms with Gasteiger partial charge < -0.3 is 9.88 Å². The van der Waals surface area contributed by atoms with Crippen molar-refractivity contribution in [2.45, 2.75) is 13.5 Å². The van der Waals surface area contributed by atoms with E-state index in [0.717, 1.165) is 5.69 Å². The van der Waals surface area contributed by atoms with Crippen LogP contribution in [0.3, 0.4) is 0 Å². The van der Waals surface area contributed by atoms with Crippen LogP contribution in [0.1, 0.15) is 5.69 Å². The van der Waals surface area contributed by atoms with Crippen LogP contribution >= 0.6 is 23.2 Å². The van der Waals surface area contributed by atoms with E-state index in [4.69, 9.17) is 23.2 Å². The first-order valence-electron chi connectivity index (χ1n) is 5.57. The first-order valence-corrected chi connectivity index (χ1v) is 6.33. The van der Waals surface area contributed by atoms with Crippen molar-refractivity contribution in [3.63, 3.8) is 0 Å². The molecule has 100 valence electrons. The fraction of sp³-hybridized carbons (Fsp3) is 0.154. The van der Waals surface area contributed by atoms with E-state index in [2.05, 4.69) is 16.9 Å². The van der Waals surface area contributed by atoms with Gasteiger partial charge in [-0.05, 0) is 19.1 Å². The van der Waals surface area contributed by atoms with E-state index in [1.54, 1.807) is 6.08 Å². The number of aryl methyl sites for hydroxylation is 1. The molecule has 0 bridgehead atoms. The number of halogens is 3. The molecule has 2 rings (SSSR count). The van der Waals surface area contributed by atoms with Gasteiger partial charge in [0.25, 0.3) is 0 Å². The third-order valence-corrected chi connectivity index (χ3v) is 3.01. The van der Waals surface area contributed by atoms with Gasteiger partial charge in [0, 0.05) is 18.4 Å². The number of allylic oxidation sites excluding steroid dienone is 1. The van der Waals surface area contributed by atoms with E-state index >= 15 is 0 Å². The molecule has 3 nitrogen and oxygen atoms in total. The molecule has 0 aliphatic carbocycles. The highest BCUT2D eigenvalue weighted by Crippen LogP contribution is 2.28. The Morgan fingerprint density at radius 2 is 2.05 bits per heavy atom. The molecule has 0 saturated heterocycles. The maximum absolute atomic E-state index is 13.3. The fourth-order valence-corrected chi connectivity index (χ4v) is 2.17. The molecule has 1 aromatic carbocycles. The van der Waals surface area contributed by atoms with Crippen LogP contribution in [0.4, 0.5) is 16.0 Å². The van der Waals surface area contributed by atoms with E-state index in [1.165, 1.54) is 12.1 Å². The third-order valence-electron chi connectivity index (χ3n) is 2.46. The monoisotopic (exact) mass is 299 g/mol. The number of anilines is 2. The summed E-state index contributed by atoms with van der Waals surface area (Å²) in [5, 5.41) is 2.99. The minimum absolute atomic E-state index is 0.0338. The Morgan fingerprint density at radius 3 is 2.63 bits per heavy atom. The zero-order valence-corrected chi connectivity index (χ0v) is 11.8. The van der Waals surface area contributed by atoms with Gasteiger partial charge in [0.15, 0.2) is 5.82 Å². The topological polar surface area (TPSA) is 29.9 Å². The molecular formula is C13H12Cl2FN3. The summed E-state index contributed by atoms with van der Waals surface area (Å²) in [5.41, 5.74) is 1.44. The molecule has 0 fully saturated rings. The van der Waals surface area contributed by atoms with Crippen LogP contribution in [0.25, 0.3) is 0 Å². The zero-order chi connectivity index (χ0) is 14.0. The number of nitrogens with zero attached hydrogens (tertiary/aromatic N) is 2. The smallest absolute Gasteiger partial charge is 0.207 e. The summed E-state index contributed by atoms with van der Waals surface area (Å²) in [6, 6.07) is 2.93. The maximum Gasteiger partial charge on any atom is 0.207 e. The summed E-state index contributed by atoms with van der Waals surface area (Å²) >= 11 is 11.5. The highest BCUT2D eigenvalue weighted by molar-refractivity contribution is 6.35. The molecule has 1 heterocycles. The van der Waals surface area contributed by atoms with Crippen molar-refractivity contribution < 1.29 is 4.39 Å². The third kappa shape index (κ3) is 3.08. The molecule has 0 saturated carbocycles. The lowest BCUT2D eigenvalue weighted by atomic mass is 10.3. The molecular weight excluding hydrogens is 288 g/mol. The van der Waals surface area contributed by atoms with E-state index in [9.17, 15) is 4.39 Å². The molecule has 1 N–H and O–H groups in total. The number of hydrogen-bond donors (Lipinski definition) is 1. The summed E-state index contributed by atoms with van der Waals surface area (Å²) in [6.45, 7) is 6.19. The molecule has 6 heteroatoms. The standard InChI is InChI=1S/C13H12Cl2FN3/c1-3-4-19-7-8(2)17-13(19)18-9-5-10(14)12(16)11(15)6-9/h3,5-7H,1,4H2,2H3,(H,17,18). The number of imidazole rings is 1. The van der Waals surface area contributed by atoms with E-state index in [1.807, 2.05) is 17.7 Å². The average Bonchev–Trinajstić information content (AvgIpc) is 2.67. The van der Waals surface area contributed by atoms with Crippen LogP contribution in [-0.4, -0.2) is 9.55 Å². The summed E-state index contributed by atoms with van der Waals surface area (Å²) in [4.78, 5) is 4.33. The van der Waals surface area contributed by atoms with Gasteiger partial charge in [-0.1, -0.05) is 29.3 Å². The SMILES string of the molecule is C=CCn1cc(C)nc1Nc1cc(Cl)c(F)c(Cl)c1. The van der Waals surface area contributed by atoms with E-state index in [0.29, 0.717) is 18.2 Å². The largest absolute Gasteiger partial charge is 0.325 e. The van der Waals surface area contributed by atoms with Gasteiger partial charge in [0.05, 0.1) is 15.7 Å². The Bertz CT molecular complexity index is 599. The lowest BCUT2D eigenvalue weighted by Gasteiger charge is -2.09. The second-order valence-corrected chi connectivity index (χ2v) is 4.84. The summed E-state index contributed by atoms with van der Waals surface area (Å²) in [7, 11) is 0. The molecule has 2 aromatic rings. The number of benzene rings is 1.